The van der Waals surface area contributed by atoms with Gasteiger partial charge < -0.3 is 0 Å². The van der Waals surface area contributed by atoms with Crippen LogP contribution in [0, 0.1) is 17.2 Å². The highest BCUT2D eigenvalue weighted by Crippen LogP contribution is 2.31. The average molecular weight is 233 g/mol. The van der Waals surface area contributed by atoms with Gasteiger partial charge in [0.25, 0.3) is 0 Å². The van der Waals surface area contributed by atoms with Crippen molar-refractivity contribution in [2.24, 2.45) is 5.92 Å². The summed E-state index contributed by atoms with van der Waals surface area (Å²) in [5.41, 5.74) is 0. The summed E-state index contributed by atoms with van der Waals surface area (Å²) in [6, 6.07) is 5.92. The van der Waals surface area contributed by atoms with Gasteiger partial charge in [0.2, 0.25) is 0 Å². The van der Waals surface area contributed by atoms with Crippen LogP contribution in [0.15, 0.2) is 17.5 Å². The highest BCUT2D eigenvalue weighted by Gasteiger charge is 2.25. The monoisotopic (exact) mass is 233 g/mol. The Morgan fingerprint density at radius 2 is 2.31 bits per heavy atom. The zero-order valence-corrected chi connectivity index (χ0v) is 10.0. The van der Waals surface area contributed by atoms with E-state index < -0.39 is 5.92 Å². The molecule has 1 saturated carbocycles. The molecule has 1 heterocycles. The molecule has 1 aromatic heterocycles. The number of ketones is 1. The van der Waals surface area contributed by atoms with Crippen LogP contribution in [0.3, 0.4) is 0 Å². The minimum Gasteiger partial charge on any atom is -0.298 e. The van der Waals surface area contributed by atoms with E-state index in [4.69, 9.17) is 5.26 Å². The van der Waals surface area contributed by atoms with Crippen LogP contribution in [0.25, 0.3) is 0 Å². The standard InChI is InChI=1S/C13H15NOS/c14-9-11(13-6-3-7-16-13)12(15)8-10-4-1-2-5-10/h3,6-7,10-11H,1-2,4-5,8H2. The first-order valence-electron chi connectivity index (χ1n) is 5.77. The van der Waals surface area contributed by atoms with E-state index in [1.54, 1.807) is 0 Å². The molecular formula is C13H15NOS. The van der Waals surface area contributed by atoms with Crippen LogP contribution >= 0.6 is 11.3 Å². The van der Waals surface area contributed by atoms with Gasteiger partial charge in [-0.3, -0.25) is 4.79 Å². The van der Waals surface area contributed by atoms with Gasteiger partial charge in [-0.15, -0.1) is 11.3 Å². The molecule has 84 valence electrons. The third-order valence-corrected chi connectivity index (χ3v) is 4.18. The molecule has 0 saturated heterocycles. The van der Waals surface area contributed by atoms with E-state index in [9.17, 15) is 4.79 Å². The van der Waals surface area contributed by atoms with Crippen LogP contribution in [0.2, 0.25) is 0 Å². The van der Waals surface area contributed by atoms with Crippen molar-refractivity contribution in [3.63, 3.8) is 0 Å². The van der Waals surface area contributed by atoms with E-state index in [0.29, 0.717) is 12.3 Å². The van der Waals surface area contributed by atoms with Gasteiger partial charge in [0, 0.05) is 11.3 Å². The topological polar surface area (TPSA) is 40.9 Å². The number of hydrogen-bond donors (Lipinski definition) is 0. The van der Waals surface area contributed by atoms with Gasteiger partial charge in [-0.1, -0.05) is 31.7 Å². The van der Waals surface area contributed by atoms with Crippen molar-refractivity contribution < 1.29 is 4.79 Å². The largest absolute Gasteiger partial charge is 0.298 e. The maximum Gasteiger partial charge on any atom is 0.155 e. The van der Waals surface area contributed by atoms with Crippen molar-refractivity contribution in [2.75, 3.05) is 0 Å². The Morgan fingerprint density at radius 3 is 2.88 bits per heavy atom. The summed E-state index contributed by atoms with van der Waals surface area (Å²) in [5.74, 6) is 0.112. The number of thiophene rings is 1. The van der Waals surface area contributed by atoms with Crippen LogP contribution in [-0.4, -0.2) is 5.78 Å². The Kier molecular flexibility index (Phi) is 3.74. The van der Waals surface area contributed by atoms with Gasteiger partial charge in [0.1, 0.15) is 5.92 Å². The summed E-state index contributed by atoms with van der Waals surface area (Å²) < 4.78 is 0. The first kappa shape index (κ1) is 11.3. The van der Waals surface area contributed by atoms with Crippen molar-refractivity contribution >= 4 is 17.1 Å². The number of carbonyl (C=O) groups is 1. The molecule has 0 bridgehead atoms. The smallest absolute Gasteiger partial charge is 0.155 e. The lowest BCUT2D eigenvalue weighted by Crippen LogP contribution is -2.13. The molecule has 2 nitrogen and oxygen atoms in total. The van der Waals surface area contributed by atoms with Crippen LogP contribution in [-0.2, 0) is 4.79 Å². The van der Waals surface area contributed by atoms with E-state index in [1.165, 1.54) is 24.2 Å². The fourth-order valence-corrected chi connectivity index (χ4v) is 3.16. The molecule has 0 aromatic carbocycles. The second-order valence-electron chi connectivity index (χ2n) is 4.40. The summed E-state index contributed by atoms with van der Waals surface area (Å²) in [7, 11) is 0. The molecule has 16 heavy (non-hydrogen) atoms. The molecule has 1 aliphatic rings. The second kappa shape index (κ2) is 5.27. The second-order valence-corrected chi connectivity index (χ2v) is 5.38. The molecule has 1 atom stereocenters. The highest BCUT2D eigenvalue weighted by molar-refractivity contribution is 7.10. The minimum absolute atomic E-state index is 0.108. The van der Waals surface area contributed by atoms with Crippen LogP contribution in [0.1, 0.15) is 42.9 Å². The van der Waals surface area contributed by atoms with Crippen molar-refractivity contribution in [2.45, 2.75) is 38.0 Å². The molecule has 1 fully saturated rings. The lowest BCUT2D eigenvalue weighted by Gasteiger charge is -2.10. The molecule has 1 unspecified atom stereocenters. The zero-order valence-electron chi connectivity index (χ0n) is 9.19. The van der Waals surface area contributed by atoms with Crippen LogP contribution in [0.4, 0.5) is 0 Å². The molecule has 2 rings (SSSR count). The first-order chi connectivity index (χ1) is 7.81. The molecule has 0 aliphatic heterocycles. The zero-order chi connectivity index (χ0) is 11.4. The molecule has 1 aliphatic carbocycles. The number of rotatable bonds is 4. The number of nitrogens with zero attached hydrogens (tertiary/aromatic N) is 1. The van der Waals surface area contributed by atoms with Gasteiger partial charge in [-0.25, -0.2) is 0 Å². The molecule has 0 radical (unpaired) electrons. The number of hydrogen-bond acceptors (Lipinski definition) is 3. The minimum atomic E-state index is -0.527. The van der Waals surface area contributed by atoms with E-state index in [-0.39, 0.29) is 5.78 Å². The molecule has 0 spiro atoms. The predicted molar refractivity (Wildman–Crippen MR) is 64.3 cm³/mol. The van der Waals surface area contributed by atoms with Gasteiger partial charge in [-0.2, -0.15) is 5.26 Å². The predicted octanol–water partition coefficient (Wildman–Crippen LogP) is 3.50. The third-order valence-electron chi connectivity index (χ3n) is 3.24. The first-order valence-corrected chi connectivity index (χ1v) is 6.65. The molecule has 3 heteroatoms. The Hall–Kier alpha value is -1.14. The Bertz CT molecular complexity index is 385. The Labute approximate surface area is 99.9 Å². The molecule has 0 amide bonds. The fraction of sp³-hybridized carbons (Fsp3) is 0.538. The van der Waals surface area contributed by atoms with Gasteiger partial charge >= 0.3 is 0 Å². The summed E-state index contributed by atoms with van der Waals surface area (Å²) in [6.45, 7) is 0. The van der Waals surface area contributed by atoms with Crippen LogP contribution in [0.5, 0.6) is 0 Å². The molecular weight excluding hydrogens is 218 g/mol. The van der Waals surface area contributed by atoms with E-state index in [2.05, 4.69) is 6.07 Å². The number of carbonyl (C=O) groups excluding carboxylic acids is 1. The SMILES string of the molecule is N#CC(C(=O)CC1CCCC1)c1cccs1. The lowest BCUT2D eigenvalue weighted by molar-refractivity contribution is -0.120. The number of nitriles is 1. The van der Waals surface area contributed by atoms with E-state index in [1.807, 2.05) is 17.5 Å². The maximum atomic E-state index is 12.0. The normalized spacial score (nSPS) is 18.2. The van der Waals surface area contributed by atoms with Gasteiger partial charge in [0.15, 0.2) is 5.78 Å². The maximum absolute atomic E-state index is 12.0. The molecule has 1 aromatic rings. The quantitative estimate of drug-likeness (QED) is 0.798. The summed E-state index contributed by atoms with van der Waals surface area (Å²) in [4.78, 5) is 12.9. The lowest BCUT2D eigenvalue weighted by atomic mass is 9.93. The summed E-state index contributed by atoms with van der Waals surface area (Å²) in [5, 5.41) is 11.0. The number of Topliss-reactive ketones (excluding diaryl/α,β-unsaturated/α-hetero) is 1. The Morgan fingerprint density at radius 1 is 1.56 bits per heavy atom. The van der Waals surface area contributed by atoms with E-state index >= 15 is 0 Å². The fourth-order valence-electron chi connectivity index (χ4n) is 2.37. The van der Waals surface area contributed by atoms with Gasteiger partial charge in [-0.05, 0) is 17.4 Å². The summed E-state index contributed by atoms with van der Waals surface area (Å²) in [6.07, 6.45) is 5.40. The van der Waals surface area contributed by atoms with Crippen molar-refractivity contribution in [1.82, 2.24) is 0 Å². The van der Waals surface area contributed by atoms with Crippen LogP contribution < -0.4 is 0 Å². The highest BCUT2D eigenvalue weighted by atomic mass is 32.1. The average Bonchev–Trinajstić information content (AvgIpc) is 2.91. The van der Waals surface area contributed by atoms with Crippen molar-refractivity contribution in [3.8, 4) is 6.07 Å². The van der Waals surface area contributed by atoms with E-state index in [0.717, 1.165) is 17.7 Å². The summed E-state index contributed by atoms with van der Waals surface area (Å²) >= 11 is 1.50. The third kappa shape index (κ3) is 2.51. The Balaban J connectivity index is 1.99. The molecule has 0 N–H and O–H groups in total. The van der Waals surface area contributed by atoms with Crippen molar-refractivity contribution in [1.29, 1.82) is 5.26 Å². The van der Waals surface area contributed by atoms with Crippen molar-refractivity contribution in [3.05, 3.63) is 22.4 Å². The van der Waals surface area contributed by atoms with Gasteiger partial charge in [0.05, 0.1) is 6.07 Å².